The first-order valence-corrected chi connectivity index (χ1v) is 6.76. The Morgan fingerprint density at radius 3 is 2.69 bits per heavy atom. The molecule has 2 rings (SSSR count). The van der Waals surface area contributed by atoms with E-state index in [0.29, 0.717) is 12.1 Å². The molecule has 2 saturated carbocycles. The Morgan fingerprint density at radius 1 is 1.38 bits per heavy atom. The largest absolute Gasteiger partial charge is 0.369 e. The van der Waals surface area contributed by atoms with Crippen LogP contribution in [0, 0.1) is 11.8 Å². The molecule has 2 fully saturated rings. The van der Waals surface area contributed by atoms with Crippen molar-refractivity contribution in [2.24, 2.45) is 17.6 Å². The summed E-state index contributed by atoms with van der Waals surface area (Å²) in [4.78, 5) is 11.2. The molecule has 16 heavy (non-hydrogen) atoms. The van der Waals surface area contributed by atoms with Crippen molar-refractivity contribution in [2.45, 2.75) is 64.0 Å². The molecule has 2 aliphatic carbocycles. The normalized spacial score (nSPS) is 32.3. The van der Waals surface area contributed by atoms with Gasteiger partial charge < -0.3 is 11.1 Å². The summed E-state index contributed by atoms with van der Waals surface area (Å²) in [5.41, 5.74) is 5.40. The molecule has 0 saturated heterocycles. The molecule has 0 aromatic heterocycles. The van der Waals surface area contributed by atoms with E-state index in [0.717, 1.165) is 25.2 Å². The summed E-state index contributed by atoms with van der Waals surface area (Å²) in [6.45, 7) is 2.25. The number of primary amides is 1. The SMILES string of the molecule is CCC(NC1CCCC(C(N)=O)C1)C1CC1. The Kier molecular flexibility index (Phi) is 3.85. The van der Waals surface area contributed by atoms with E-state index in [1.54, 1.807) is 0 Å². The van der Waals surface area contributed by atoms with E-state index in [4.69, 9.17) is 5.73 Å². The number of hydrogen-bond donors (Lipinski definition) is 2. The molecule has 3 N–H and O–H groups in total. The molecular weight excluding hydrogens is 200 g/mol. The van der Waals surface area contributed by atoms with Crippen LogP contribution in [0.15, 0.2) is 0 Å². The van der Waals surface area contributed by atoms with Gasteiger partial charge in [-0.2, -0.15) is 0 Å². The lowest BCUT2D eigenvalue weighted by Gasteiger charge is -2.31. The van der Waals surface area contributed by atoms with Crippen molar-refractivity contribution in [1.29, 1.82) is 0 Å². The Bertz CT molecular complexity index is 250. The molecule has 0 aromatic rings. The van der Waals surface area contributed by atoms with E-state index >= 15 is 0 Å². The van der Waals surface area contributed by atoms with Crippen molar-refractivity contribution in [2.75, 3.05) is 0 Å². The van der Waals surface area contributed by atoms with Gasteiger partial charge in [0.05, 0.1) is 0 Å². The van der Waals surface area contributed by atoms with E-state index in [1.807, 2.05) is 0 Å². The monoisotopic (exact) mass is 224 g/mol. The van der Waals surface area contributed by atoms with Crippen molar-refractivity contribution in [1.82, 2.24) is 5.32 Å². The van der Waals surface area contributed by atoms with E-state index in [-0.39, 0.29) is 11.8 Å². The van der Waals surface area contributed by atoms with Crippen LogP contribution in [0.25, 0.3) is 0 Å². The summed E-state index contributed by atoms with van der Waals surface area (Å²) >= 11 is 0. The summed E-state index contributed by atoms with van der Waals surface area (Å²) in [5, 5.41) is 3.74. The van der Waals surface area contributed by atoms with Gasteiger partial charge >= 0.3 is 0 Å². The second-order valence-electron chi connectivity index (χ2n) is 5.48. The lowest BCUT2D eigenvalue weighted by molar-refractivity contribution is -0.122. The second-order valence-corrected chi connectivity index (χ2v) is 5.48. The summed E-state index contributed by atoms with van der Waals surface area (Å²) in [5.74, 6) is 0.910. The zero-order chi connectivity index (χ0) is 11.5. The van der Waals surface area contributed by atoms with Gasteiger partial charge in [-0.05, 0) is 44.4 Å². The van der Waals surface area contributed by atoms with E-state index < -0.39 is 0 Å². The van der Waals surface area contributed by atoms with Crippen LogP contribution in [0.1, 0.15) is 51.9 Å². The molecule has 3 heteroatoms. The lowest BCUT2D eigenvalue weighted by atomic mass is 9.84. The van der Waals surface area contributed by atoms with Gasteiger partial charge in [0, 0.05) is 18.0 Å². The Balaban J connectivity index is 1.81. The Labute approximate surface area is 98.2 Å². The third kappa shape index (κ3) is 2.97. The fraction of sp³-hybridized carbons (Fsp3) is 0.923. The maximum absolute atomic E-state index is 11.2. The van der Waals surface area contributed by atoms with Gasteiger partial charge in [-0.25, -0.2) is 0 Å². The maximum atomic E-state index is 11.2. The first-order valence-electron chi connectivity index (χ1n) is 6.76. The van der Waals surface area contributed by atoms with Gasteiger partial charge in [0.15, 0.2) is 0 Å². The highest BCUT2D eigenvalue weighted by Crippen LogP contribution is 2.35. The Hall–Kier alpha value is -0.570. The minimum atomic E-state index is -0.106. The molecule has 0 spiro atoms. The highest BCUT2D eigenvalue weighted by molar-refractivity contribution is 5.76. The van der Waals surface area contributed by atoms with Crippen molar-refractivity contribution in [3.8, 4) is 0 Å². The molecule has 3 unspecified atom stereocenters. The number of nitrogens with two attached hydrogens (primary N) is 1. The molecule has 3 nitrogen and oxygen atoms in total. The highest BCUT2D eigenvalue weighted by Gasteiger charge is 2.33. The molecule has 0 radical (unpaired) electrons. The smallest absolute Gasteiger partial charge is 0.220 e. The van der Waals surface area contributed by atoms with Crippen LogP contribution in [-0.4, -0.2) is 18.0 Å². The van der Waals surface area contributed by atoms with Gasteiger partial charge in [-0.15, -0.1) is 0 Å². The molecule has 3 atom stereocenters. The molecule has 0 aromatic carbocycles. The quantitative estimate of drug-likeness (QED) is 0.748. The molecular formula is C13H24N2O. The first-order chi connectivity index (χ1) is 7.70. The predicted octanol–water partition coefficient (Wildman–Crippen LogP) is 1.81. The third-order valence-electron chi connectivity index (χ3n) is 4.16. The van der Waals surface area contributed by atoms with Gasteiger partial charge in [0.25, 0.3) is 0 Å². The first kappa shape index (κ1) is 11.9. The summed E-state index contributed by atoms with van der Waals surface area (Å²) in [6.07, 6.45) is 8.29. The molecule has 1 amide bonds. The summed E-state index contributed by atoms with van der Waals surface area (Å²) in [6, 6.07) is 1.20. The van der Waals surface area contributed by atoms with E-state index in [9.17, 15) is 4.79 Å². The van der Waals surface area contributed by atoms with E-state index in [1.165, 1.54) is 25.7 Å². The van der Waals surface area contributed by atoms with Gasteiger partial charge in [-0.1, -0.05) is 13.3 Å². The minimum Gasteiger partial charge on any atom is -0.369 e. The van der Waals surface area contributed by atoms with Crippen LogP contribution in [0.4, 0.5) is 0 Å². The predicted molar refractivity (Wildman–Crippen MR) is 64.9 cm³/mol. The topological polar surface area (TPSA) is 55.1 Å². The van der Waals surface area contributed by atoms with Gasteiger partial charge in [0.2, 0.25) is 5.91 Å². The standard InChI is InChI=1S/C13H24N2O/c1-2-12(9-6-7-9)15-11-5-3-4-10(8-11)13(14)16/h9-12,15H,2-8H2,1H3,(H2,14,16). The van der Waals surface area contributed by atoms with Crippen molar-refractivity contribution in [3.63, 3.8) is 0 Å². The number of hydrogen-bond acceptors (Lipinski definition) is 2. The second kappa shape index (κ2) is 5.17. The molecule has 2 aliphatic rings. The average molecular weight is 224 g/mol. The van der Waals surface area contributed by atoms with Gasteiger partial charge in [-0.3, -0.25) is 4.79 Å². The molecule has 0 aliphatic heterocycles. The molecule has 92 valence electrons. The van der Waals surface area contributed by atoms with Crippen LogP contribution >= 0.6 is 0 Å². The zero-order valence-corrected chi connectivity index (χ0v) is 10.2. The van der Waals surface area contributed by atoms with Crippen molar-refractivity contribution in [3.05, 3.63) is 0 Å². The van der Waals surface area contributed by atoms with Crippen LogP contribution in [-0.2, 0) is 4.79 Å². The number of nitrogens with one attached hydrogen (secondary N) is 1. The van der Waals surface area contributed by atoms with Crippen LogP contribution < -0.4 is 11.1 Å². The average Bonchev–Trinajstić information content (AvgIpc) is 3.10. The van der Waals surface area contributed by atoms with Crippen LogP contribution in [0.2, 0.25) is 0 Å². The third-order valence-corrected chi connectivity index (χ3v) is 4.16. The number of carbonyl (C=O) groups excluding carboxylic acids is 1. The van der Waals surface area contributed by atoms with E-state index in [2.05, 4.69) is 12.2 Å². The van der Waals surface area contributed by atoms with Crippen molar-refractivity contribution < 1.29 is 4.79 Å². The van der Waals surface area contributed by atoms with Crippen LogP contribution in [0.3, 0.4) is 0 Å². The summed E-state index contributed by atoms with van der Waals surface area (Å²) < 4.78 is 0. The number of rotatable bonds is 5. The molecule has 0 bridgehead atoms. The maximum Gasteiger partial charge on any atom is 0.220 e. The number of carbonyl (C=O) groups is 1. The number of amides is 1. The fourth-order valence-electron chi connectivity index (χ4n) is 2.99. The minimum absolute atomic E-state index is 0.106. The van der Waals surface area contributed by atoms with Crippen LogP contribution in [0.5, 0.6) is 0 Å². The zero-order valence-electron chi connectivity index (χ0n) is 10.2. The van der Waals surface area contributed by atoms with Gasteiger partial charge in [0.1, 0.15) is 0 Å². The van der Waals surface area contributed by atoms with Crippen molar-refractivity contribution >= 4 is 5.91 Å². The molecule has 0 heterocycles. The lowest BCUT2D eigenvalue weighted by Crippen LogP contribution is -2.44. The Morgan fingerprint density at radius 2 is 2.12 bits per heavy atom. The fourth-order valence-corrected chi connectivity index (χ4v) is 2.99. The summed E-state index contributed by atoms with van der Waals surface area (Å²) in [7, 11) is 0. The highest BCUT2D eigenvalue weighted by atomic mass is 16.1.